The quantitative estimate of drug-likeness (QED) is 0.798. The Bertz CT molecular complexity index is 538. The van der Waals surface area contributed by atoms with Gasteiger partial charge >= 0.3 is 6.18 Å². The van der Waals surface area contributed by atoms with Crippen LogP contribution in [0.25, 0.3) is 11.1 Å². The second-order valence-electron chi connectivity index (χ2n) is 4.31. The van der Waals surface area contributed by atoms with Crippen molar-refractivity contribution in [1.29, 1.82) is 0 Å². The average molecular weight is 254 g/mol. The SMILES string of the molecule is Cc1ccc(-c2cn(CC(F)(F)F)nc2C)cc1. The number of nitrogens with zero attached hydrogens (tertiary/aromatic N) is 2. The summed E-state index contributed by atoms with van der Waals surface area (Å²) in [7, 11) is 0. The van der Waals surface area contributed by atoms with E-state index in [-0.39, 0.29) is 0 Å². The molecular formula is C13H13F3N2. The molecule has 0 aliphatic heterocycles. The summed E-state index contributed by atoms with van der Waals surface area (Å²) in [6, 6.07) is 7.63. The molecule has 0 saturated heterocycles. The largest absolute Gasteiger partial charge is 0.408 e. The summed E-state index contributed by atoms with van der Waals surface area (Å²) in [5.74, 6) is 0. The molecule has 0 amide bonds. The number of benzene rings is 1. The summed E-state index contributed by atoms with van der Waals surface area (Å²) in [5, 5.41) is 3.89. The first-order valence-corrected chi connectivity index (χ1v) is 5.53. The fraction of sp³-hybridized carbons (Fsp3) is 0.308. The molecule has 1 aromatic heterocycles. The molecule has 1 heterocycles. The summed E-state index contributed by atoms with van der Waals surface area (Å²) in [5.41, 5.74) is 3.33. The monoisotopic (exact) mass is 254 g/mol. The second kappa shape index (κ2) is 4.48. The van der Waals surface area contributed by atoms with Crippen LogP contribution < -0.4 is 0 Å². The number of hydrogen-bond acceptors (Lipinski definition) is 1. The molecule has 0 bridgehead atoms. The van der Waals surface area contributed by atoms with Gasteiger partial charge in [-0.25, -0.2) is 0 Å². The normalized spacial score (nSPS) is 11.8. The average Bonchev–Trinajstić information content (AvgIpc) is 2.58. The zero-order chi connectivity index (χ0) is 13.3. The van der Waals surface area contributed by atoms with Crippen molar-refractivity contribution in [3.05, 3.63) is 41.7 Å². The zero-order valence-corrected chi connectivity index (χ0v) is 10.1. The van der Waals surface area contributed by atoms with Crippen molar-refractivity contribution in [2.24, 2.45) is 0 Å². The molecule has 0 aliphatic carbocycles. The van der Waals surface area contributed by atoms with E-state index in [1.54, 1.807) is 6.92 Å². The van der Waals surface area contributed by atoms with Crippen LogP contribution in [0.4, 0.5) is 13.2 Å². The van der Waals surface area contributed by atoms with Crippen LogP contribution in [-0.2, 0) is 6.54 Å². The number of aromatic nitrogens is 2. The van der Waals surface area contributed by atoms with Crippen molar-refractivity contribution < 1.29 is 13.2 Å². The van der Waals surface area contributed by atoms with Crippen molar-refractivity contribution in [1.82, 2.24) is 9.78 Å². The maximum atomic E-state index is 12.3. The first-order chi connectivity index (χ1) is 8.35. The lowest BCUT2D eigenvalue weighted by molar-refractivity contribution is -0.142. The molecule has 0 radical (unpaired) electrons. The van der Waals surface area contributed by atoms with Crippen molar-refractivity contribution >= 4 is 0 Å². The first-order valence-electron chi connectivity index (χ1n) is 5.53. The standard InChI is InChI=1S/C13H13F3N2/c1-9-3-5-11(6-4-9)12-7-18(17-10(12)2)8-13(14,15)16/h3-7H,8H2,1-2H3. The van der Waals surface area contributed by atoms with Crippen LogP contribution in [0.1, 0.15) is 11.3 Å². The predicted molar refractivity (Wildman–Crippen MR) is 63.2 cm³/mol. The van der Waals surface area contributed by atoms with Crippen LogP contribution in [0.2, 0.25) is 0 Å². The van der Waals surface area contributed by atoms with Crippen molar-refractivity contribution in [3.63, 3.8) is 0 Å². The molecule has 1 aromatic carbocycles. The van der Waals surface area contributed by atoms with Crippen molar-refractivity contribution in [2.75, 3.05) is 0 Å². The maximum Gasteiger partial charge on any atom is 0.408 e. The summed E-state index contributed by atoms with van der Waals surface area (Å²) < 4.78 is 37.8. The van der Waals surface area contributed by atoms with Gasteiger partial charge in [0, 0.05) is 11.8 Å². The van der Waals surface area contributed by atoms with E-state index in [4.69, 9.17) is 0 Å². The van der Waals surface area contributed by atoms with Crippen molar-refractivity contribution in [2.45, 2.75) is 26.6 Å². The molecule has 0 fully saturated rings. The van der Waals surface area contributed by atoms with Crippen LogP contribution in [0.5, 0.6) is 0 Å². The molecule has 0 aliphatic rings. The highest BCUT2D eigenvalue weighted by Gasteiger charge is 2.28. The number of hydrogen-bond donors (Lipinski definition) is 0. The van der Waals surface area contributed by atoms with Crippen LogP contribution >= 0.6 is 0 Å². The van der Waals surface area contributed by atoms with E-state index in [0.29, 0.717) is 5.69 Å². The van der Waals surface area contributed by atoms with Crippen LogP contribution in [-0.4, -0.2) is 16.0 Å². The Morgan fingerprint density at radius 1 is 1.11 bits per heavy atom. The molecule has 0 spiro atoms. The lowest BCUT2D eigenvalue weighted by Gasteiger charge is -2.05. The van der Waals surface area contributed by atoms with Gasteiger partial charge in [0.15, 0.2) is 0 Å². The maximum absolute atomic E-state index is 12.3. The lowest BCUT2D eigenvalue weighted by atomic mass is 10.1. The second-order valence-corrected chi connectivity index (χ2v) is 4.31. The van der Waals surface area contributed by atoms with Gasteiger partial charge in [-0.15, -0.1) is 0 Å². The van der Waals surface area contributed by atoms with Gasteiger partial charge in [0.1, 0.15) is 6.54 Å². The van der Waals surface area contributed by atoms with E-state index in [2.05, 4.69) is 5.10 Å². The molecule has 96 valence electrons. The number of halogens is 3. The van der Waals surface area contributed by atoms with Gasteiger partial charge in [-0.05, 0) is 19.4 Å². The van der Waals surface area contributed by atoms with E-state index in [9.17, 15) is 13.2 Å². The van der Waals surface area contributed by atoms with E-state index in [1.807, 2.05) is 31.2 Å². The van der Waals surface area contributed by atoms with Gasteiger partial charge in [-0.3, -0.25) is 4.68 Å². The van der Waals surface area contributed by atoms with Gasteiger partial charge < -0.3 is 0 Å². The molecule has 2 aromatic rings. The summed E-state index contributed by atoms with van der Waals surface area (Å²) in [4.78, 5) is 0. The highest BCUT2D eigenvalue weighted by Crippen LogP contribution is 2.24. The molecule has 0 N–H and O–H groups in total. The van der Waals surface area contributed by atoms with E-state index < -0.39 is 12.7 Å². The van der Waals surface area contributed by atoms with Crippen molar-refractivity contribution in [3.8, 4) is 11.1 Å². The van der Waals surface area contributed by atoms with E-state index >= 15 is 0 Å². The summed E-state index contributed by atoms with van der Waals surface area (Å²) in [6.45, 7) is 2.62. The number of rotatable bonds is 2. The Morgan fingerprint density at radius 3 is 2.28 bits per heavy atom. The van der Waals surface area contributed by atoms with Crippen LogP contribution in [0, 0.1) is 13.8 Å². The molecule has 0 atom stereocenters. The number of alkyl halides is 3. The smallest absolute Gasteiger partial charge is 0.263 e. The van der Waals surface area contributed by atoms with Crippen LogP contribution in [0.15, 0.2) is 30.5 Å². The van der Waals surface area contributed by atoms with Crippen LogP contribution in [0.3, 0.4) is 0 Å². The predicted octanol–water partition coefficient (Wildman–Crippen LogP) is 3.73. The Morgan fingerprint density at radius 2 is 1.72 bits per heavy atom. The van der Waals surface area contributed by atoms with Gasteiger partial charge in [0.2, 0.25) is 0 Å². The summed E-state index contributed by atoms with van der Waals surface area (Å²) >= 11 is 0. The fourth-order valence-corrected chi connectivity index (χ4v) is 1.80. The third-order valence-electron chi connectivity index (χ3n) is 2.65. The Balaban J connectivity index is 2.32. The molecule has 0 saturated carbocycles. The number of aryl methyl sites for hydroxylation is 2. The highest BCUT2D eigenvalue weighted by molar-refractivity contribution is 5.65. The zero-order valence-electron chi connectivity index (χ0n) is 10.1. The molecule has 18 heavy (non-hydrogen) atoms. The Hall–Kier alpha value is -1.78. The van der Waals surface area contributed by atoms with E-state index in [0.717, 1.165) is 21.4 Å². The minimum Gasteiger partial charge on any atom is -0.263 e. The van der Waals surface area contributed by atoms with Gasteiger partial charge in [0.05, 0.1) is 5.69 Å². The first kappa shape index (κ1) is 12.7. The minimum absolute atomic E-state index is 0.600. The van der Waals surface area contributed by atoms with Gasteiger partial charge in [0.25, 0.3) is 0 Å². The molecule has 2 rings (SSSR count). The van der Waals surface area contributed by atoms with Gasteiger partial charge in [-0.1, -0.05) is 29.8 Å². The highest BCUT2D eigenvalue weighted by atomic mass is 19.4. The topological polar surface area (TPSA) is 17.8 Å². The third kappa shape index (κ3) is 2.91. The van der Waals surface area contributed by atoms with Gasteiger partial charge in [-0.2, -0.15) is 18.3 Å². The molecule has 0 unspecified atom stereocenters. The summed E-state index contributed by atoms with van der Waals surface area (Å²) in [6.07, 6.45) is -2.81. The van der Waals surface area contributed by atoms with E-state index in [1.165, 1.54) is 6.20 Å². The Labute approximate surface area is 103 Å². The lowest BCUT2D eigenvalue weighted by Crippen LogP contribution is -2.17. The minimum atomic E-state index is -4.25. The molecular weight excluding hydrogens is 241 g/mol. The third-order valence-corrected chi connectivity index (χ3v) is 2.65. The Kier molecular flexibility index (Phi) is 3.15. The fourth-order valence-electron chi connectivity index (χ4n) is 1.80. The molecule has 2 nitrogen and oxygen atoms in total. The molecule has 5 heteroatoms.